The van der Waals surface area contributed by atoms with Gasteiger partial charge in [0.1, 0.15) is 0 Å². The molecule has 3 heteroatoms. The van der Waals surface area contributed by atoms with Crippen LogP contribution in [0, 0.1) is 6.92 Å². The van der Waals surface area contributed by atoms with Crippen LogP contribution in [-0.4, -0.2) is 10.3 Å². The normalized spacial score (nSPS) is 10.4. The molecule has 0 amide bonds. The van der Waals surface area contributed by atoms with Crippen molar-refractivity contribution in [3.63, 3.8) is 0 Å². The van der Waals surface area contributed by atoms with Gasteiger partial charge in [0, 0.05) is 11.1 Å². The van der Waals surface area contributed by atoms with Crippen molar-refractivity contribution in [3.8, 4) is 11.3 Å². The second-order valence-corrected chi connectivity index (χ2v) is 3.20. The Kier molecular flexibility index (Phi) is 2.33. The molecule has 72 valence electrons. The fraction of sp³-hybridized carbons (Fsp3) is 0.182. The van der Waals surface area contributed by atoms with Crippen LogP contribution < -0.4 is 0 Å². The van der Waals surface area contributed by atoms with Gasteiger partial charge in [-0.05, 0) is 6.92 Å². The number of aryl methyl sites for hydroxylation is 1. The van der Waals surface area contributed by atoms with Gasteiger partial charge in [-0.3, -0.25) is 0 Å². The van der Waals surface area contributed by atoms with Crippen molar-refractivity contribution in [2.75, 3.05) is 0 Å². The van der Waals surface area contributed by atoms with E-state index in [2.05, 4.69) is 5.16 Å². The Morgan fingerprint density at radius 2 is 2.00 bits per heavy atom. The van der Waals surface area contributed by atoms with Gasteiger partial charge in [0.05, 0.1) is 12.8 Å². The van der Waals surface area contributed by atoms with Crippen LogP contribution in [0.5, 0.6) is 0 Å². The molecule has 0 atom stereocenters. The predicted octanol–water partition coefficient (Wildman–Crippen LogP) is 2.14. The third kappa shape index (κ3) is 1.54. The summed E-state index contributed by atoms with van der Waals surface area (Å²) in [4.78, 5) is 0. The second-order valence-electron chi connectivity index (χ2n) is 3.20. The van der Waals surface area contributed by atoms with Gasteiger partial charge in [0.2, 0.25) is 0 Å². The molecular weight excluding hydrogens is 178 g/mol. The molecule has 0 unspecified atom stereocenters. The number of aromatic nitrogens is 1. The lowest BCUT2D eigenvalue weighted by Gasteiger charge is -1.98. The zero-order valence-corrected chi connectivity index (χ0v) is 7.90. The number of rotatable bonds is 2. The molecule has 0 aliphatic heterocycles. The number of nitrogens with zero attached hydrogens (tertiary/aromatic N) is 1. The van der Waals surface area contributed by atoms with E-state index in [0.29, 0.717) is 11.3 Å². The number of hydrogen-bond donors (Lipinski definition) is 1. The topological polar surface area (TPSA) is 46.3 Å². The summed E-state index contributed by atoms with van der Waals surface area (Å²) in [5.41, 5.74) is 2.85. The fourth-order valence-corrected chi connectivity index (χ4v) is 1.32. The molecule has 0 saturated heterocycles. The Bertz CT molecular complexity index is 417. The number of aliphatic hydroxyl groups excluding tert-OH is 1. The Labute approximate surface area is 82.0 Å². The maximum absolute atomic E-state index is 9.02. The summed E-state index contributed by atoms with van der Waals surface area (Å²) in [5.74, 6) is 0.646. The van der Waals surface area contributed by atoms with Gasteiger partial charge in [-0.15, -0.1) is 0 Å². The highest BCUT2D eigenvalue weighted by molar-refractivity contribution is 5.60. The Balaban J connectivity index is 2.44. The van der Waals surface area contributed by atoms with E-state index in [1.165, 1.54) is 11.8 Å². The first kappa shape index (κ1) is 8.97. The molecule has 0 radical (unpaired) electrons. The molecule has 2 rings (SSSR count). The van der Waals surface area contributed by atoms with Gasteiger partial charge in [-0.1, -0.05) is 35.0 Å². The van der Waals surface area contributed by atoms with Crippen LogP contribution in [0.15, 0.2) is 35.0 Å². The van der Waals surface area contributed by atoms with E-state index in [4.69, 9.17) is 9.63 Å². The SMILES string of the molecule is Cc1ccc(-c2oncc2CO)cc1. The summed E-state index contributed by atoms with van der Waals surface area (Å²) in [5, 5.41) is 12.7. The minimum atomic E-state index is -0.0489. The maximum Gasteiger partial charge on any atom is 0.172 e. The lowest BCUT2D eigenvalue weighted by Crippen LogP contribution is -1.83. The molecule has 1 aromatic carbocycles. The van der Waals surface area contributed by atoms with Crippen LogP contribution in [0.4, 0.5) is 0 Å². The van der Waals surface area contributed by atoms with Crippen molar-refractivity contribution < 1.29 is 9.63 Å². The van der Waals surface area contributed by atoms with E-state index in [1.54, 1.807) is 0 Å². The molecule has 0 bridgehead atoms. The van der Waals surface area contributed by atoms with Crippen molar-refractivity contribution >= 4 is 0 Å². The van der Waals surface area contributed by atoms with Crippen LogP contribution >= 0.6 is 0 Å². The highest BCUT2D eigenvalue weighted by Crippen LogP contribution is 2.23. The lowest BCUT2D eigenvalue weighted by atomic mass is 10.1. The Morgan fingerprint density at radius 1 is 1.29 bits per heavy atom. The summed E-state index contributed by atoms with van der Waals surface area (Å²) in [6.07, 6.45) is 1.54. The Morgan fingerprint density at radius 3 is 2.64 bits per heavy atom. The summed E-state index contributed by atoms with van der Waals surface area (Å²) >= 11 is 0. The van der Waals surface area contributed by atoms with Crippen molar-refractivity contribution in [2.45, 2.75) is 13.5 Å². The molecule has 1 heterocycles. The number of benzene rings is 1. The zero-order valence-electron chi connectivity index (χ0n) is 7.90. The van der Waals surface area contributed by atoms with E-state index >= 15 is 0 Å². The van der Waals surface area contributed by atoms with Crippen LogP contribution in [0.25, 0.3) is 11.3 Å². The van der Waals surface area contributed by atoms with Crippen molar-refractivity contribution in [2.24, 2.45) is 0 Å². The van der Waals surface area contributed by atoms with Gasteiger partial charge >= 0.3 is 0 Å². The molecule has 0 saturated carbocycles. The van der Waals surface area contributed by atoms with Crippen LogP contribution in [0.1, 0.15) is 11.1 Å². The molecule has 1 aromatic heterocycles. The summed E-state index contributed by atoms with van der Waals surface area (Å²) < 4.78 is 5.07. The van der Waals surface area contributed by atoms with Gasteiger partial charge in [0.15, 0.2) is 5.76 Å². The number of hydrogen-bond acceptors (Lipinski definition) is 3. The second kappa shape index (κ2) is 3.64. The smallest absolute Gasteiger partial charge is 0.172 e. The maximum atomic E-state index is 9.02. The molecule has 3 nitrogen and oxygen atoms in total. The fourth-order valence-electron chi connectivity index (χ4n) is 1.32. The summed E-state index contributed by atoms with van der Waals surface area (Å²) in [7, 11) is 0. The standard InChI is InChI=1S/C11H11NO2/c1-8-2-4-9(5-3-8)11-10(7-13)6-12-14-11/h2-6,13H,7H2,1H3. The Hall–Kier alpha value is -1.61. The largest absolute Gasteiger partial charge is 0.391 e. The van der Waals surface area contributed by atoms with Gasteiger partial charge in [-0.2, -0.15) is 0 Å². The third-order valence-electron chi connectivity index (χ3n) is 2.13. The first-order valence-corrected chi connectivity index (χ1v) is 4.42. The van der Waals surface area contributed by atoms with Gasteiger partial charge in [0.25, 0.3) is 0 Å². The van der Waals surface area contributed by atoms with E-state index in [9.17, 15) is 0 Å². The van der Waals surface area contributed by atoms with Crippen molar-refractivity contribution in [1.82, 2.24) is 5.16 Å². The highest BCUT2D eigenvalue weighted by Gasteiger charge is 2.08. The first-order valence-electron chi connectivity index (χ1n) is 4.42. The zero-order chi connectivity index (χ0) is 9.97. The first-order chi connectivity index (χ1) is 6.81. The molecule has 0 spiro atoms. The molecule has 1 N–H and O–H groups in total. The molecule has 0 fully saturated rings. The monoisotopic (exact) mass is 189 g/mol. The van der Waals surface area contributed by atoms with Crippen molar-refractivity contribution in [1.29, 1.82) is 0 Å². The quantitative estimate of drug-likeness (QED) is 0.787. The molecule has 0 aliphatic carbocycles. The summed E-state index contributed by atoms with van der Waals surface area (Å²) in [6.45, 7) is 1.98. The molecular formula is C11H11NO2. The lowest BCUT2D eigenvalue weighted by molar-refractivity contribution is 0.281. The molecule has 14 heavy (non-hydrogen) atoms. The van der Waals surface area contributed by atoms with E-state index in [1.807, 2.05) is 31.2 Å². The average molecular weight is 189 g/mol. The highest BCUT2D eigenvalue weighted by atomic mass is 16.5. The van der Waals surface area contributed by atoms with Crippen molar-refractivity contribution in [3.05, 3.63) is 41.6 Å². The predicted molar refractivity (Wildman–Crippen MR) is 52.6 cm³/mol. The average Bonchev–Trinajstić information content (AvgIpc) is 2.67. The number of aliphatic hydroxyl groups is 1. The van der Waals surface area contributed by atoms with E-state index in [-0.39, 0.29) is 6.61 Å². The van der Waals surface area contributed by atoms with Crippen LogP contribution in [0.2, 0.25) is 0 Å². The van der Waals surface area contributed by atoms with Gasteiger partial charge < -0.3 is 9.63 Å². The van der Waals surface area contributed by atoms with Crippen LogP contribution in [0.3, 0.4) is 0 Å². The van der Waals surface area contributed by atoms with Crippen LogP contribution in [-0.2, 0) is 6.61 Å². The molecule has 0 aliphatic rings. The van der Waals surface area contributed by atoms with E-state index < -0.39 is 0 Å². The minimum absolute atomic E-state index is 0.0489. The van der Waals surface area contributed by atoms with Gasteiger partial charge in [-0.25, -0.2) is 0 Å². The van der Waals surface area contributed by atoms with E-state index in [0.717, 1.165) is 5.56 Å². The summed E-state index contributed by atoms with van der Waals surface area (Å²) in [6, 6.07) is 7.90. The minimum Gasteiger partial charge on any atom is -0.391 e. The molecule has 2 aromatic rings. The third-order valence-corrected chi connectivity index (χ3v) is 2.13.